The highest BCUT2D eigenvalue weighted by Crippen LogP contribution is 2.60. The lowest BCUT2D eigenvalue weighted by Crippen LogP contribution is -2.51. The molecule has 0 saturated heterocycles. The number of rotatable bonds is 8. The van der Waals surface area contributed by atoms with E-state index in [1.165, 1.54) is 18.9 Å². The van der Waals surface area contributed by atoms with Gasteiger partial charge in [-0.25, -0.2) is 4.39 Å². The number of fused-ring (bicyclic) bond motifs is 1. The normalized spacial score (nSPS) is 27.5. The van der Waals surface area contributed by atoms with Gasteiger partial charge < -0.3 is 5.32 Å². The first-order valence-electron chi connectivity index (χ1n) is 15.0. The van der Waals surface area contributed by atoms with E-state index in [4.69, 9.17) is 0 Å². The van der Waals surface area contributed by atoms with Gasteiger partial charge in [-0.2, -0.15) is 0 Å². The Morgan fingerprint density at radius 2 is 1.69 bits per heavy atom. The van der Waals surface area contributed by atoms with Crippen LogP contribution in [-0.4, -0.2) is 22.7 Å². The molecule has 39 heavy (non-hydrogen) atoms. The maximum atomic E-state index is 15.4. The van der Waals surface area contributed by atoms with Crippen LogP contribution in [-0.2, 0) is 6.42 Å². The van der Waals surface area contributed by atoms with E-state index in [0.717, 1.165) is 84.8 Å². The second-order valence-electron chi connectivity index (χ2n) is 12.9. The van der Waals surface area contributed by atoms with Gasteiger partial charge in [-0.3, -0.25) is 14.6 Å². The molecule has 8 rings (SSSR count). The largest absolute Gasteiger partial charge is 0.349 e. The molecule has 0 radical (unpaired) electrons. The van der Waals surface area contributed by atoms with Gasteiger partial charge in [0.2, 0.25) is 0 Å². The Kier molecular flexibility index (Phi) is 6.28. The second-order valence-corrected chi connectivity index (χ2v) is 12.9. The molecule has 2 aromatic carbocycles. The molecule has 0 aliphatic heterocycles. The number of hydrogen-bond acceptors (Lipinski definition) is 3. The quantitative estimate of drug-likeness (QED) is 0.310. The minimum Gasteiger partial charge on any atom is -0.349 e. The zero-order valence-electron chi connectivity index (χ0n) is 22.7. The van der Waals surface area contributed by atoms with Crippen LogP contribution in [0.2, 0.25) is 0 Å². The molecular weight excluding hydrogens is 487 g/mol. The van der Waals surface area contributed by atoms with E-state index < -0.39 is 0 Å². The molecule has 0 unspecified atom stereocenters. The summed E-state index contributed by atoms with van der Waals surface area (Å²) in [6.45, 7) is 2.27. The molecular formula is C34H37FN2O2. The van der Waals surface area contributed by atoms with E-state index >= 15 is 4.39 Å². The van der Waals surface area contributed by atoms with Crippen molar-refractivity contribution in [3.63, 3.8) is 0 Å². The Labute approximate surface area is 229 Å². The van der Waals surface area contributed by atoms with Crippen LogP contribution in [0, 0.1) is 35.4 Å². The first-order valence-corrected chi connectivity index (χ1v) is 15.0. The summed E-state index contributed by atoms with van der Waals surface area (Å²) in [7, 11) is 0. The van der Waals surface area contributed by atoms with Crippen LogP contribution in [0.1, 0.15) is 91.0 Å². The predicted molar refractivity (Wildman–Crippen MR) is 151 cm³/mol. The minimum absolute atomic E-state index is 0.0653. The summed E-state index contributed by atoms with van der Waals surface area (Å²) >= 11 is 0. The van der Waals surface area contributed by atoms with Gasteiger partial charge in [0.1, 0.15) is 5.82 Å². The summed E-state index contributed by atoms with van der Waals surface area (Å²) in [5, 5.41) is 4.07. The number of nitrogens with one attached hydrogen (secondary N) is 1. The molecule has 1 aromatic heterocycles. The van der Waals surface area contributed by atoms with E-state index in [1.54, 1.807) is 18.3 Å². The van der Waals surface area contributed by atoms with Crippen LogP contribution in [0.4, 0.5) is 4.39 Å². The van der Waals surface area contributed by atoms with Crippen molar-refractivity contribution in [2.24, 2.45) is 29.6 Å². The molecule has 3 aromatic rings. The number of aromatic nitrogens is 1. The number of carbonyl (C=O) groups excluding carboxylic acids is 2. The number of halogens is 1. The lowest BCUT2D eigenvalue weighted by Gasteiger charge is -2.58. The number of ketones is 1. The maximum absolute atomic E-state index is 15.4. The van der Waals surface area contributed by atoms with Gasteiger partial charge in [-0.1, -0.05) is 19.1 Å². The van der Waals surface area contributed by atoms with Crippen LogP contribution in [0.25, 0.3) is 22.0 Å². The fourth-order valence-corrected chi connectivity index (χ4v) is 7.09. The van der Waals surface area contributed by atoms with Crippen LogP contribution in [0.5, 0.6) is 0 Å². The summed E-state index contributed by atoms with van der Waals surface area (Å²) in [5.74, 6) is 3.23. The van der Waals surface area contributed by atoms with Crippen LogP contribution >= 0.6 is 0 Å². The highest BCUT2D eigenvalue weighted by atomic mass is 19.1. The highest BCUT2D eigenvalue weighted by Gasteiger charge is 2.52. The molecule has 5 heteroatoms. The number of benzene rings is 2. The van der Waals surface area contributed by atoms with Crippen LogP contribution in [0.15, 0.2) is 42.6 Å². The van der Waals surface area contributed by atoms with Gasteiger partial charge in [0.25, 0.3) is 5.91 Å². The molecule has 5 saturated carbocycles. The fraction of sp³-hybridized carbons (Fsp3) is 0.500. The molecule has 202 valence electrons. The number of nitrogens with zero attached hydrogens (tertiary/aromatic N) is 1. The zero-order valence-corrected chi connectivity index (χ0v) is 22.7. The third kappa shape index (κ3) is 4.79. The number of amides is 1. The van der Waals surface area contributed by atoms with Crippen molar-refractivity contribution in [2.75, 3.05) is 0 Å². The van der Waals surface area contributed by atoms with Gasteiger partial charge in [-0.05, 0) is 117 Å². The monoisotopic (exact) mass is 524 g/mol. The SMILES string of the molecule is CC1CCC(NC(=O)c2ccc(-c3cc4c(CC5C6CC5C6)c(C(=O)CC5CC5)cnc4cc3F)cc2)CC1. The molecule has 1 amide bonds. The molecule has 1 N–H and O–H groups in total. The number of carbonyl (C=O) groups is 2. The third-order valence-electron chi connectivity index (χ3n) is 10.2. The van der Waals surface area contributed by atoms with E-state index in [9.17, 15) is 9.59 Å². The van der Waals surface area contributed by atoms with Gasteiger partial charge in [-0.15, -0.1) is 0 Å². The first-order chi connectivity index (χ1) is 18.9. The van der Waals surface area contributed by atoms with Crippen molar-refractivity contribution < 1.29 is 14.0 Å². The third-order valence-corrected chi connectivity index (χ3v) is 10.2. The van der Waals surface area contributed by atoms with Gasteiger partial charge in [0.15, 0.2) is 5.78 Å². The van der Waals surface area contributed by atoms with Crippen molar-refractivity contribution in [2.45, 2.75) is 77.2 Å². The molecule has 1 heterocycles. The fourth-order valence-electron chi connectivity index (χ4n) is 7.09. The van der Waals surface area contributed by atoms with Gasteiger partial charge in [0.05, 0.1) is 5.52 Å². The number of Topliss-reactive ketones (excluding diaryl/α,β-unsaturated/α-hetero) is 1. The van der Waals surface area contributed by atoms with Crippen molar-refractivity contribution >= 4 is 22.6 Å². The Hall–Kier alpha value is -3.08. The summed E-state index contributed by atoms with van der Waals surface area (Å²) < 4.78 is 15.4. The van der Waals surface area contributed by atoms with Crippen molar-refractivity contribution in [3.8, 4) is 11.1 Å². The summed E-state index contributed by atoms with van der Waals surface area (Å²) in [5.41, 5.74) is 4.22. The maximum Gasteiger partial charge on any atom is 0.251 e. The van der Waals surface area contributed by atoms with E-state index in [-0.39, 0.29) is 23.5 Å². The lowest BCUT2D eigenvalue weighted by atomic mass is 9.47. The summed E-state index contributed by atoms with van der Waals surface area (Å²) in [6, 6.07) is 10.9. The van der Waals surface area contributed by atoms with E-state index in [1.807, 2.05) is 18.2 Å². The number of hydrogen-bond donors (Lipinski definition) is 1. The average Bonchev–Trinajstić information content (AvgIpc) is 3.70. The molecule has 0 spiro atoms. The molecule has 5 aliphatic rings. The summed E-state index contributed by atoms with van der Waals surface area (Å²) in [4.78, 5) is 30.7. The Morgan fingerprint density at radius 1 is 0.974 bits per heavy atom. The molecule has 5 fully saturated rings. The van der Waals surface area contributed by atoms with Gasteiger partial charge >= 0.3 is 0 Å². The minimum atomic E-state index is -0.335. The average molecular weight is 525 g/mol. The second kappa shape index (κ2) is 9.83. The predicted octanol–water partition coefficient (Wildman–Crippen LogP) is 7.53. The standard InChI is InChI=1S/C34H37FN2O2/c1-19-2-10-25(11-3-19)37-34(39)22-8-6-21(7-9-22)27-16-29-28(15-26-23-13-24(26)14-23)30(33(38)12-20-4-5-20)18-36-32(29)17-31(27)35/h6-9,16-20,23-26H,2-5,10-15H2,1H3,(H,37,39). The van der Waals surface area contributed by atoms with E-state index in [2.05, 4.69) is 17.2 Å². The highest BCUT2D eigenvalue weighted by molar-refractivity contribution is 6.02. The Morgan fingerprint density at radius 3 is 2.33 bits per heavy atom. The Balaban J connectivity index is 1.18. The Bertz CT molecular complexity index is 1420. The van der Waals surface area contributed by atoms with E-state index in [0.29, 0.717) is 34.9 Å². The van der Waals surface area contributed by atoms with Crippen molar-refractivity contribution in [3.05, 3.63) is 65.1 Å². The summed E-state index contributed by atoms with van der Waals surface area (Å²) in [6.07, 6.45) is 12.4. The topological polar surface area (TPSA) is 59.1 Å². The molecule has 5 aliphatic carbocycles. The van der Waals surface area contributed by atoms with Crippen molar-refractivity contribution in [1.82, 2.24) is 10.3 Å². The van der Waals surface area contributed by atoms with Gasteiger partial charge in [0, 0.05) is 46.8 Å². The molecule has 4 nitrogen and oxygen atoms in total. The molecule has 0 atom stereocenters. The lowest BCUT2D eigenvalue weighted by molar-refractivity contribution is -0.0793. The van der Waals surface area contributed by atoms with Crippen LogP contribution < -0.4 is 5.32 Å². The first kappa shape index (κ1) is 24.9. The van der Waals surface area contributed by atoms with Crippen molar-refractivity contribution in [1.29, 1.82) is 0 Å². The number of pyridine rings is 1. The molecule has 2 bridgehead atoms. The smallest absolute Gasteiger partial charge is 0.251 e. The van der Waals surface area contributed by atoms with Crippen LogP contribution in [0.3, 0.4) is 0 Å². The zero-order chi connectivity index (χ0) is 26.7.